The van der Waals surface area contributed by atoms with Crippen molar-refractivity contribution in [3.63, 3.8) is 0 Å². The molecular formula is C17H15BrFN5O3. The van der Waals surface area contributed by atoms with E-state index >= 15 is 0 Å². The van der Waals surface area contributed by atoms with Gasteiger partial charge in [-0.15, -0.1) is 0 Å². The summed E-state index contributed by atoms with van der Waals surface area (Å²) in [6, 6.07) is 6.95. The fourth-order valence-corrected chi connectivity index (χ4v) is 2.70. The Morgan fingerprint density at radius 1 is 1.37 bits per heavy atom. The summed E-state index contributed by atoms with van der Waals surface area (Å²) in [6.07, 6.45) is 1.28. The number of rotatable bonds is 6. The van der Waals surface area contributed by atoms with Gasteiger partial charge in [-0.05, 0) is 25.1 Å². The number of hydrogen-bond acceptors (Lipinski definition) is 7. The lowest BCUT2D eigenvalue weighted by Gasteiger charge is -2.12. The zero-order chi connectivity index (χ0) is 19.6. The molecule has 1 heterocycles. The highest BCUT2D eigenvalue weighted by atomic mass is 79.9. The van der Waals surface area contributed by atoms with E-state index in [9.17, 15) is 14.5 Å². The van der Waals surface area contributed by atoms with Crippen LogP contribution >= 0.6 is 15.9 Å². The molecule has 3 rings (SSSR count). The number of ether oxygens (including phenoxy) is 1. The molecule has 2 aromatic carbocycles. The highest BCUT2D eigenvalue weighted by Gasteiger charge is 2.20. The number of nitro groups is 1. The SMILES string of the molecule is CC(N)COc1cc2ncnc(Nc3ccc(Br)cc3F)c2cc1[N+](=O)[O-]. The van der Waals surface area contributed by atoms with Crippen molar-refractivity contribution in [2.24, 2.45) is 5.73 Å². The largest absolute Gasteiger partial charge is 0.485 e. The minimum Gasteiger partial charge on any atom is -0.485 e. The number of nitrogens with one attached hydrogen (secondary N) is 1. The molecule has 0 spiro atoms. The van der Waals surface area contributed by atoms with E-state index in [0.717, 1.165) is 0 Å². The highest BCUT2D eigenvalue weighted by molar-refractivity contribution is 9.10. The van der Waals surface area contributed by atoms with Crippen molar-refractivity contribution in [1.82, 2.24) is 9.97 Å². The monoisotopic (exact) mass is 435 g/mol. The molecule has 27 heavy (non-hydrogen) atoms. The van der Waals surface area contributed by atoms with Crippen LogP contribution in [0.25, 0.3) is 10.9 Å². The first-order valence-electron chi connectivity index (χ1n) is 7.88. The Labute approximate surface area is 161 Å². The molecule has 140 valence electrons. The van der Waals surface area contributed by atoms with Gasteiger partial charge in [0.25, 0.3) is 0 Å². The lowest BCUT2D eigenvalue weighted by Crippen LogP contribution is -2.23. The molecule has 0 bridgehead atoms. The zero-order valence-electron chi connectivity index (χ0n) is 14.1. The molecular weight excluding hydrogens is 421 g/mol. The number of fused-ring (bicyclic) bond motifs is 1. The smallest absolute Gasteiger partial charge is 0.311 e. The number of hydrogen-bond donors (Lipinski definition) is 2. The number of nitro benzene ring substituents is 1. The summed E-state index contributed by atoms with van der Waals surface area (Å²) in [5.74, 6) is -0.199. The predicted molar refractivity (Wildman–Crippen MR) is 103 cm³/mol. The Kier molecular flexibility index (Phi) is 5.47. The number of nitrogens with zero attached hydrogens (tertiary/aromatic N) is 3. The summed E-state index contributed by atoms with van der Waals surface area (Å²) in [4.78, 5) is 19.1. The van der Waals surface area contributed by atoms with Gasteiger partial charge < -0.3 is 15.8 Å². The molecule has 10 heteroatoms. The van der Waals surface area contributed by atoms with Gasteiger partial charge in [-0.3, -0.25) is 10.1 Å². The van der Waals surface area contributed by atoms with Gasteiger partial charge in [0.2, 0.25) is 0 Å². The van der Waals surface area contributed by atoms with Crippen LogP contribution in [0.3, 0.4) is 0 Å². The van der Waals surface area contributed by atoms with Crippen LogP contribution < -0.4 is 15.8 Å². The van der Waals surface area contributed by atoms with E-state index in [1.54, 1.807) is 13.0 Å². The third-order valence-electron chi connectivity index (χ3n) is 3.60. The van der Waals surface area contributed by atoms with Gasteiger partial charge in [0.05, 0.1) is 21.5 Å². The summed E-state index contributed by atoms with van der Waals surface area (Å²) in [6.45, 7) is 1.84. The topological polar surface area (TPSA) is 116 Å². The molecule has 0 aliphatic heterocycles. The summed E-state index contributed by atoms with van der Waals surface area (Å²) >= 11 is 3.19. The minimum atomic E-state index is -0.563. The molecule has 0 aliphatic rings. The molecule has 0 radical (unpaired) electrons. The quantitative estimate of drug-likeness (QED) is 0.445. The Bertz CT molecular complexity index is 1020. The van der Waals surface area contributed by atoms with Gasteiger partial charge in [0.15, 0.2) is 5.75 Å². The van der Waals surface area contributed by atoms with Crippen molar-refractivity contribution < 1.29 is 14.1 Å². The third-order valence-corrected chi connectivity index (χ3v) is 4.09. The van der Waals surface area contributed by atoms with Crippen molar-refractivity contribution in [3.8, 4) is 5.75 Å². The van der Waals surface area contributed by atoms with E-state index in [1.807, 2.05) is 0 Å². The van der Waals surface area contributed by atoms with E-state index in [0.29, 0.717) is 15.4 Å². The van der Waals surface area contributed by atoms with E-state index < -0.39 is 10.7 Å². The molecule has 0 amide bonds. The molecule has 1 atom stereocenters. The van der Waals surface area contributed by atoms with Crippen LogP contribution in [0.1, 0.15) is 6.92 Å². The Hall–Kier alpha value is -2.85. The third kappa shape index (κ3) is 4.29. The highest BCUT2D eigenvalue weighted by Crippen LogP contribution is 2.35. The van der Waals surface area contributed by atoms with Crippen molar-refractivity contribution in [2.45, 2.75) is 13.0 Å². The summed E-state index contributed by atoms with van der Waals surface area (Å²) in [5, 5.41) is 14.6. The maximum atomic E-state index is 14.1. The first kappa shape index (κ1) is 18.9. The molecule has 0 saturated heterocycles. The van der Waals surface area contributed by atoms with Crippen LogP contribution in [-0.4, -0.2) is 27.5 Å². The summed E-state index contributed by atoms with van der Waals surface area (Å²) < 4.78 is 20.1. The van der Waals surface area contributed by atoms with Crippen LogP contribution in [0.2, 0.25) is 0 Å². The Morgan fingerprint density at radius 2 is 2.15 bits per heavy atom. The lowest BCUT2D eigenvalue weighted by atomic mass is 10.2. The second-order valence-electron chi connectivity index (χ2n) is 5.85. The van der Waals surface area contributed by atoms with Crippen molar-refractivity contribution >= 4 is 44.0 Å². The Balaban J connectivity index is 2.06. The fraction of sp³-hybridized carbons (Fsp3) is 0.176. The van der Waals surface area contributed by atoms with Gasteiger partial charge >= 0.3 is 5.69 Å². The Morgan fingerprint density at radius 3 is 2.81 bits per heavy atom. The van der Waals surface area contributed by atoms with Gasteiger partial charge in [-0.2, -0.15) is 0 Å². The number of benzene rings is 2. The molecule has 3 N–H and O–H groups in total. The standard InChI is InChI=1S/C17H15BrFN5O3/c1-9(20)7-27-16-6-14-11(5-15(16)24(25)26)17(22-8-21-14)23-13-3-2-10(18)4-12(13)19/h2-6,8-9H,7,20H2,1H3,(H,21,22,23). The van der Waals surface area contributed by atoms with Gasteiger partial charge in [-0.25, -0.2) is 14.4 Å². The number of aromatic nitrogens is 2. The number of nitrogens with two attached hydrogens (primary N) is 1. The zero-order valence-corrected chi connectivity index (χ0v) is 15.7. The van der Waals surface area contributed by atoms with E-state index in [2.05, 4.69) is 31.2 Å². The maximum Gasteiger partial charge on any atom is 0.311 e. The molecule has 1 aromatic heterocycles. The predicted octanol–water partition coefficient (Wildman–Crippen LogP) is 3.91. The van der Waals surface area contributed by atoms with Gasteiger partial charge in [-0.1, -0.05) is 15.9 Å². The fourth-order valence-electron chi connectivity index (χ4n) is 2.37. The molecule has 3 aromatic rings. The van der Waals surface area contributed by atoms with E-state index in [1.165, 1.54) is 30.6 Å². The van der Waals surface area contributed by atoms with E-state index in [4.69, 9.17) is 10.5 Å². The van der Waals surface area contributed by atoms with Crippen LogP contribution in [0.4, 0.5) is 21.6 Å². The normalized spacial score (nSPS) is 12.0. The van der Waals surface area contributed by atoms with Crippen molar-refractivity contribution in [1.29, 1.82) is 0 Å². The lowest BCUT2D eigenvalue weighted by molar-refractivity contribution is -0.385. The molecule has 0 aliphatic carbocycles. The van der Waals surface area contributed by atoms with Crippen LogP contribution in [-0.2, 0) is 0 Å². The second-order valence-corrected chi connectivity index (χ2v) is 6.77. The first-order chi connectivity index (χ1) is 12.8. The average Bonchev–Trinajstić information content (AvgIpc) is 2.61. The number of halogens is 2. The van der Waals surface area contributed by atoms with Crippen molar-refractivity contribution in [3.05, 3.63) is 57.1 Å². The number of anilines is 2. The molecule has 0 fully saturated rings. The minimum absolute atomic E-state index is 0.0595. The van der Waals surface area contributed by atoms with E-state index in [-0.39, 0.29) is 35.6 Å². The maximum absolute atomic E-state index is 14.1. The average molecular weight is 436 g/mol. The van der Waals surface area contributed by atoms with Gasteiger partial charge in [0, 0.05) is 22.6 Å². The summed E-state index contributed by atoms with van der Waals surface area (Å²) in [7, 11) is 0. The second kappa shape index (κ2) is 7.80. The van der Waals surface area contributed by atoms with Crippen LogP contribution in [0, 0.1) is 15.9 Å². The molecule has 1 unspecified atom stereocenters. The first-order valence-corrected chi connectivity index (χ1v) is 8.68. The summed E-state index contributed by atoms with van der Waals surface area (Å²) in [5.41, 5.74) is 5.98. The van der Waals surface area contributed by atoms with Crippen LogP contribution in [0.15, 0.2) is 41.1 Å². The van der Waals surface area contributed by atoms with Crippen LogP contribution in [0.5, 0.6) is 5.75 Å². The molecule has 8 nitrogen and oxygen atoms in total. The van der Waals surface area contributed by atoms with Gasteiger partial charge in [0.1, 0.15) is 24.6 Å². The molecule has 0 saturated carbocycles. The van der Waals surface area contributed by atoms with Crippen molar-refractivity contribution in [2.75, 3.05) is 11.9 Å².